The zero-order valence-electron chi connectivity index (χ0n) is 10.5. The van der Waals surface area contributed by atoms with Gasteiger partial charge >= 0.3 is 12.0 Å². The van der Waals surface area contributed by atoms with E-state index >= 15 is 0 Å². The van der Waals surface area contributed by atoms with Crippen molar-refractivity contribution in [3.8, 4) is 0 Å². The zero-order valence-corrected chi connectivity index (χ0v) is 10.5. The van der Waals surface area contributed by atoms with Crippen LogP contribution in [0.2, 0.25) is 0 Å². The van der Waals surface area contributed by atoms with Gasteiger partial charge in [-0.05, 0) is 26.7 Å². The highest BCUT2D eigenvalue weighted by Gasteiger charge is 2.36. The van der Waals surface area contributed by atoms with Crippen molar-refractivity contribution in [1.29, 1.82) is 0 Å². The molecule has 0 aliphatic carbocycles. The highest BCUT2D eigenvalue weighted by atomic mass is 16.4. The second kappa shape index (κ2) is 4.91. The molecule has 1 aliphatic rings. The summed E-state index contributed by atoms with van der Waals surface area (Å²) in [6.45, 7) is 3.85. The maximum absolute atomic E-state index is 12.0. The van der Waals surface area contributed by atoms with E-state index in [9.17, 15) is 14.7 Å². The number of likely N-dealkylation sites (tertiary alicyclic amines) is 1. The third kappa shape index (κ3) is 3.59. The predicted octanol–water partition coefficient (Wildman–Crippen LogP) is 0.358. The van der Waals surface area contributed by atoms with Crippen LogP contribution in [0.3, 0.4) is 0 Å². The molecule has 0 spiro atoms. The molecule has 0 bridgehead atoms. The van der Waals surface area contributed by atoms with E-state index < -0.39 is 17.6 Å². The molecule has 1 aliphatic heterocycles. The Bertz CT molecular complexity index is 311. The van der Waals surface area contributed by atoms with Crippen LogP contribution < -0.4 is 0 Å². The molecule has 1 saturated heterocycles. The van der Waals surface area contributed by atoms with Crippen molar-refractivity contribution < 1.29 is 19.8 Å². The Labute approximate surface area is 101 Å². The van der Waals surface area contributed by atoms with Gasteiger partial charge in [-0.25, -0.2) is 9.59 Å². The number of aliphatic carboxylic acids is 1. The first-order chi connectivity index (χ1) is 7.72. The first-order valence-electron chi connectivity index (χ1n) is 5.69. The summed E-state index contributed by atoms with van der Waals surface area (Å²) in [5.41, 5.74) is -0.983. The molecule has 0 aromatic carbocycles. The van der Waals surface area contributed by atoms with Gasteiger partial charge in [0.25, 0.3) is 0 Å². The summed E-state index contributed by atoms with van der Waals surface area (Å²) in [4.78, 5) is 25.7. The molecule has 1 rings (SSSR count). The monoisotopic (exact) mass is 244 g/mol. The molecule has 17 heavy (non-hydrogen) atoms. The Hall–Kier alpha value is -1.30. The highest BCUT2D eigenvalue weighted by molar-refractivity contribution is 5.83. The van der Waals surface area contributed by atoms with Gasteiger partial charge in [0, 0.05) is 13.6 Å². The van der Waals surface area contributed by atoms with E-state index in [4.69, 9.17) is 5.11 Å². The van der Waals surface area contributed by atoms with Gasteiger partial charge < -0.3 is 20.0 Å². The lowest BCUT2D eigenvalue weighted by molar-refractivity contribution is -0.141. The van der Waals surface area contributed by atoms with Crippen LogP contribution in [-0.2, 0) is 4.79 Å². The van der Waals surface area contributed by atoms with Crippen LogP contribution in [0.25, 0.3) is 0 Å². The average molecular weight is 244 g/mol. The van der Waals surface area contributed by atoms with Crippen molar-refractivity contribution in [2.24, 2.45) is 0 Å². The number of carboxylic acid groups (broad SMARTS) is 1. The number of urea groups is 1. The van der Waals surface area contributed by atoms with E-state index in [1.165, 1.54) is 9.80 Å². The van der Waals surface area contributed by atoms with E-state index in [-0.39, 0.29) is 12.6 Å². The van der Waals surface area contributed by atoms with Crippen LogP contribution in [0.5, 0.6) is 0 Å². The van der Waals surface area contributed by atoms with Gasteiger partial charge in [-0.2, -0.15) is 0 Å². The number of aliphatic hydroxyl groups is 1. The number of carboxylic acids is 1. The molecule has 2 amide bonds. The third-order valence-corrected chi connectivity index (χ3v) is 2.73. The topological polar surface area (TPSA) is 81.1 Å². The molecule has 1 heterocycles. The molecule has 0 saturated carbocycles. The maximum atomic E-state index is 12.0. The van der Waals surface area contributed by atoms with E-state index in [1.807, 2.05) is 0 Å². The molecule has 6 nitrogen and oxygen atoms in total. The molecule has 2 N–H and O–H groups in total. The van der Waals surface area contributed by atoms with Gasteiger partial charge in [0.1, 0.15) is 6.04 Å². The number of carbonyl (C=O) groups excluding carboxylic acids is 1. The summed E-state index contributed by atoms with van der Waals surface area (Å²) in [7, 11) is 1.57. The molecule has 0 aromatic rings. The number of carbonyl (C=O) groups is 2. The molecule has 1 fully saturated rings. The van der Waals surface area contributed by atoms with Crippen LogP contribution in [-0.4, -0.2) is 63.8 Å². The fraction of sp³-hybridized carbons (Fsp3) is 0.818. The van der Waals surface area contributed by atoms with Crippen molar-refractivity contribution in [3.05, 3.63) is 0 Å². The Morgan fingerprint density at radius 1 is 1.47 bits per heavy atom. The van der Waals surface area contributed by atoms with Crippen molar-refractivity contribution in [3.63, 3.8) is 0 Å². The summed E-state index contributed by atoms with van der Waals surface area (Å²) in [5.74, 6) is -0.965. The van der Waals surface area contributed by atoms with E-state index in [0.29, 0.717) is 19.4 Å². The lowest BCUT2D eigenvalue weighted by atomic mass is 10.1. The minimum absolute atomic E-state index is 0.175. The van der Waals surface area contributed by atoms with Crippen molar-refractivity contribution in [2.45, 2.75) is 38.3 Å². The van der Waals surface area contributed by atoms with E-state index in [0.717, 1.165) is 0 Å². The minimum Gasteiger partial charge on any atom is -0.480 e. The average Bonchev–Trinajstić information content (AvgIpc) is 2.61. The van der Waals surface area contributed by atoms with Crippen LogP contribution in [0.15, 0.2) is 0 Å². The fourth-order valence-corrected chi connectivity index (χ4v) is 2.12. The Balaban J connectivity index is 2.66. The van der Waals surface area contributed by atoms with Gasteiger partial charge in [0.05, 0.1) is 12.1 Å². The zero-order chi connectivity index (χ0) is 13.2. The predicted molar refractivity (Wildman–Crippen MR) is 61.7 cm³/mol. The molecule has 98 valence electrons. The number of hydrogen-bond donors (Lipinski definition) is 2. The Morgan fingerprint density at radius 3 is 2.53 bits per heavy atom. The van der Waals surface area contributed by atoms with Crippen LogP contribution in [0.1, 0.15) is 26.7 Å². The summed E-state index contributed by atoms with van der Waals surface area (Å²) in [6, 6.07) is -1.07. The van der Waals surface area contributed by atoms with Crippen LogP contribution >= 0.6 is 0 Å². The second-order valence-electron chi connectivity index (χ2n) is 5.14. The van der Waals surface area contributed by atoms with Crippen molar-refractivity contribution in [1.82, 2.24) is 9.80 Å². The molecule has 6 heteroatoms. The maximum Gasteiger partial charge on any atom is 0.326 e. The normalized spacial score (nSPS) is 20.5. The minimum atomic E-state index is -0.983. The van der Waals surface area contributed by atoms with Gasteiger partial charge in [-0.1, -0.05) is 0 Å². The number of rotatable bonds is 3. The Kier molecular flexibility index (Phi) is 3.98. The first kappa shape index (κ1) is 13.8. The molecule has 1 atom stereocenters. The number of nitrogens with zero attached hydrogens (tertiary/aromatic N) is 2. The highest BCUT2D eigenvalue weighted by Crippen LogP contribution is 2.19. The van der Waals surface area contributed by atoms with Crippen molar-refractivity contribution in [2.75, 3.05) is 20.1 Å². The summed E-state index contributed by atoms with van der Waals surface area (Å²) < 4.78 is 0. The van der Waals surface area contributed by atoms with Gasteiger partial charge in [-0.15, -0.1) is 0 Å². The SMILES string of the molecule is CN(CC(C)(C)O)C(=O)N1CCCC1C(=O)O. The standard InChI is InChI=1S/C11H20N2O4/c1-11(2,17)7-12(3)10(16)13-6-4-5-8(13)9(14)15/h8,17H,4-7H2,1-3H3,(H,14,15). The number of likely N-dealkylation sites (N-methyl/N-ethyl adjacent to an activating group) is 1. The van der Waals surface area contributed by atoms with Gasteiger partial charge in [-0.3, -0.25) is 0 Å². The van der Waals surface area contributed by atoms with Crippen LogP contribution in [0, 0.1) is 0 Å². The number of amides is 2. The smallest absolute Gasteiger partial charge is 0.326 e. The lowest BCUT2D eigenvalue weighted by Gasteiger charge is -2.31. The third-order valence-electron chi connectivity index (χ3n) is 2.73. The molecular weight excluding hydrogens is 224 g/mol. The summed E-state index contributed by atoms with van der Waals surface area (Å²) in [5, 5.41) is 18.6. The fourth-order valence-electron chi connectivity index (χ4n) is 2.12. The molecule has 1 unspecified atom stereocenters. The largest absolute Gasteiger partial charge is 0.480 e. The molecule has 0 radical (unpaired) electrons. The summed E-state index contributed by atoms with van der Waals surface area (Å²) in [6.07, 6.45) is 1.20. The molecular formula is C11H20N2O4. The van der Waals surface area contributed by atoms with Gasteiger partial charge in [0.15, 0.2) is 0 Å². The van der Waals surface area contributed by atoms with Crippen molar-refractivity contribution >= 4 is 12.0 Å². The molecule has 0 aromatic heterocycles. The van der Waals surface area contributed by atoms with Crippen LogP contribution in [0.4, 0.5) is 4.79 Å². The Morgan fingerprint density at radius 2 is 2.06 bits per heavy atom. The van der Waals surface area contributed by atoms with E-state index in [2.05, 4.69) is 0 Å². The first-order valence-corrected chi connectivity index (χ1v) is 5.69. The number of hydrogen-bond acceptors (Lipinski definition) is 3. The van der Waals surface area contributed by atoms with Gasteiger partial charge in [0.2, 0.25) is 0 Å². The quantitative estimate of drug-likeness (QED) is 0.751. The second-order valence-corrected chi connectivity index (χ2v) is 5.14. The summed E-state index contributed by atoms with van der Waals surface area (Å²) >= 11 is 0. The van der Waals surface area contributed by atoms with E-state index in [1.54, 1.807) is 20.9 Å². The lowest BCUT2D eigenvalue weighted by Crippen LogP contribution is -2.50.